The Hall–Kier alpha value is -1.96. The van der Waals surface area contributed by atoms with Gasteiger partial charge in [0.1, 0.15) is 5.82 Å². The van der Waals surface area contributed by atoms with Gasteiger partial charge in [0, 0.05) is 38.5 Å². The van der Waals surface area contributed by atoms with Gasteiger partial charge in [0.15, 0.2) is 0 Å². The van der Waals surface area contributed by atoms with Crippen molar-refractivity contribution >= 4 is 18.3 Å². The molecule has 0 aliphatic heterocycles. The molecular formula is C18H26ClFN4O2. The summed E-state index contributed by atoms with van der Waals surface area (Å²) < 4.78 is 18.2. The number of aromatic nitrogens is 2. The number of benzene rings is 1. The van der Waals surface area contributed by atoms with Crippen molar-refractivity contribution in [1.82, 2.24) is 20.4 Å². The van der Waals surface area contributed by atoms with Crippen LogP contribution in [0.15, 0.2) is 30.3 Å². The summed E-state index contributed by atoms with van der Waals surface area (Å²) in [5, 5.41) is 10.2. The highest BCUT2D eigenvalue weighted by Gasteiger charge is 2.09. The van der Waals surface area contributed by atoms with Crippen LogP contribution in [0.25, 0.3) is 11.3 Å². The van der Waals surface area contributed by atoms with Crippen LogP contribution in [0.5, 0.6) is 0 Å². The minimum Gasteiger partial charge on any atom is -0.383 e. The average molecular weight is 385 g/mol. The highest BCUT2D eigenvalue weighted by molar-refractivity contribution is 5.85. The van der Waals surface area contributed by atoms with Crippen molar-refractivity contribution in [3.63, 3.8) is 0 Å². The van der Waals surface area contributed by atoms with E-state index in [2.05, 4.69) is 15.5 Å². The fraction of sp³-hybridized carbons (Fsp3) is 0.444. The number of likely N-dealkylation sites (N-methyl/N-ethyl adjacent to an activating group) is 1. The van der Waals surface area contributed by atoms with Crippen LogP contribution in [0.3, 0.4) is 0 Å². The first kappa shape index (κ1) is 22.1. The third-order valence-electron chi connectivity index (χ3n) is 3.88. The van der Waals surface area contributed by atoms with Crippen LogP contribution in [0.4, 0.5) is 4.39 Å². The molecule has 0 saturated carbocycles. The van der Waals surface area contributed by atoms with Crippen LogP contribution in [-0.2, 0) is 16.0 Å². The summed E-state index contributed by atoms with van der Waals surface area (Å²) in [5.41, 5.74) is 2.44. The number of ether oxygens (including phenoxy) is 1. The maximum atomic E-state index is 13.3. The van der Waals surface area contributed by atoms with Gasteiger partial charge in [-0.2, -0.15) is 5.10 Å². The highest BCUT2D eigenvalue weighted by atomic mass is 35.5. The van der Waals surface area contributed by atoms with Crippen molar-refractivity contribution in [1.29, 1.82) is 0 Å². The minimum absolute atomic E-state index is 0. The number of nitrogens with zero attached hydrogens (tertiary/aromatic N) is 2. The van der Waals surface area contributed by atoms with Gasteiger partial charge < -0.3 is 15.0 Å². The number of amides is 1. The zero-order chi connectivity index (χ0) is 18.1. The Balaban J connectivity index is 0.00000338. The number of carbonyl (C=O) groups excluding carboxylic acids is 1. The zero-order valence-corrected chi connectivity index (χ0v) is 15.9. The van der Waals surface area contributed by atoms with E-state index in [0.717, 1.165) is 29.8 Å². The molecule has 144 valence electrons. The van der Waals surface area contributed by atoms with E-state index < -0.39 is 0 Å². The van der Waals surface area contributed by atoms with Crippen LogP contribution in [0.1, 0.15) is 12.1 Å². The SMILES string of the molecule is COCCNCC(=O)N(C)CCCc1cc(-c2cccc(F)c2)n[nH]1.Cl. The van der Waals surface area contributed by atoms with E-state index in [4.69, 9.17) is 4.74 Å². The number of aromatic amines is 1. The lowest BCUT2D eigenvalue weighted by Gasteiger charge is -2.17. The summed E-state index contributed by atoms with van der Waals surface area (Å²) in [6.45, 7) is 2.23. The molecule has 0 unspecified atom stereocenters. The van der Waals surface area contributed by atoms with Crippen LogP contribution in [0.2, 0.25) is 0 Å². The lowest BCUT2D eigenvalue weighted by molar-refractivity contribution is -0.129. The molecule has 1 heterocycles. The molecule has 2 rings (SSSR count). The van der Waals surface area contributed by atoms with Crippen molar-refractivity contribution in [3.8, 4) is 11.3 Å². The third-order valence-corrected chi connectivity index (χ3v) is 3.88. The molecule has 1 amide bonds. The van der Waals surface area contributed by atoms with E-state index in [-0.39, 0.29) is 24.1 Å². The van der Waals surface area contributed by atoms with Gasteiger partial charge in [-0.15, -0.1) is 12.4 Å². The summed E-state index contributed by atoms with van der Waals surface area (Å²) in [6.07, 6.45) is 1.60. The number of methoxy groups -OCH3 is 1. The maximum absolute atomic E-state index is 13.3. The molecule has 1 aromatic heterocycles. The number of H-pyrrole nitrogens is 1. The Morgan fingerprint density at radius 3 is 2.92 bits per heavy atom. The summed E-state index contributed by atoms with van der Waals surface area (Å²) in [6, 6.07) is 8.28. The topological polar surface area (TPSA) is 70.2 Å². The molecule has 8 heteroatoms. The normalized spacial score (nSPS) is 10.4. The summed E-state index contributed by atoms with van der Waals surface area (Å²) in [7, 11) is 3.43. The maximum Gasteiger partial charge on any atom is 0.236 e. The van der Waals surface area contributed by atoms with Gasteiger partial charge in [-0.05, 0) is 31.0 Å². The molecule has 26 heavy (non-hydrogen) atoms. The minimum atomic E-state index is -0.277. The standard InChI is InChI=1S/C18H25FN4O2.ClH/c1-23(18(24)13-20-8-10-25-2)9-4-7-16-12-17(22-21-16)14-5-3-6-15(19)11-14;/h3,5-6,11-12,20H,4,7-10,13H2,1-2H3,(H,21,22);1H. The summed E-state index contributed by atoms with van der Waals surface area (Å²) in [4.78, 5) is 13.6. The second kappa shape index (κ2) is 11.6. The Bertz CT molecular complexity index is 681. The van der Waals surface area contributed by atoms with Gasteiger partial charge in [0.05, 0.1) is 18.8 Å². The molecule has 2 aromatic rings. The predicted octanol–water partition coefficient (Wildman–Crippen LogP) is 2.26. The lowest BCUT2D eigenvalue weighted by atomic mass is 10.1. The first-order chi connectivity index (χ1) is 12.1. The van der Waals surface area contributed by atoms with Gasteiger partial charge in [-0.25, -0.2) is 4.39 Å². The molecule has 0 aliphatic carbocycles. The molecule has 0 atom stereocenters. The summed E-state index contributed by atoms with van der Waals surface area (Å²) in [5.74, 6) is -0.220. The second-order valence-corrected chi connectivity index (χ2v) is 5.88. The quantitative estimate of drug-likeness (QED) is 0.616. The summed E-state index contributed by atoms with van der Waals surface area (Å²) >= 11 is 0. The number of nitrogens with one attached hydrogen (secondary N) is 2. The van der Waals surface area contributed by atoms with Gasteiger partial charge in [0.25, 0.3) is 0 Å². The fourth-order valence-corrected chi connectivity index (χ4v) is 2.42. The first-order valence-corrected chi connectivity index (χ1v) is 8.34. The Kier molecular flexibility index (Phi) is 9.87. The van der Waals surface area contributed by atoms with E-state index in [0.29, 0.717) is 26.2 Å². The average Bonchev–Trinajstić information content (AvgIpc) is 3.07. The lowest BCUT2D eigenvalue weighted by Crippen LogP contribution is -2.37. The molecule has 0 spiro atoms. The van der Waals surface area contributed by atoms with Crippen molar-refractivity contribution in [3.05, 3.63) is 41.8 Å². The number of hydrogen-bond acceptors (Lipinski definition) is 4. The molecule has 0 fully saturated rings. The number of halogens is 2. The molecule has 0 bridgehead atoms. The Morgan fingerprint density at radius 2 is 2.19 bits per heavy atom. The van der Waals surface area contributed by atoms with Gasteiger partial charge in [-0.1, -0.05) is 12.1 Å². The molecule has 6 nitrogen and oxygen atoms in total. The van der Waals surface area contributed by atoms with Crippen LogP contribution < -0.4 is 5.32 Å². The van der Waals surface area contributed by atoms with E-state index >= 15 is 0 Å². The van der Waals surface area contributed by atoms with Crippen molar-refractivity contribution in [2.24, 2.45) is 0 Å². The smallest absolute Gasteiger partial charge is 0.236 e. The van der Waals surface area contributed by atoms with E-state index in [9.17, 15) is 9.18 Å². The van der Waals surface area contributed by atoms with Gasteiger partial charge in [-0.3, -0.25) is 9.89 Å². The first-order valence-electron chi connectivity index (χ1n) is 8.34. The zero-order valence-electron chi connectivity index (χ0n) is 15.1. The largest absolute Gasteiger partial charge is 0.383 e. The molecular weight excluding hydrogens is 359 g/mol. The van der Waals surface area contributed by atoms with Crippen molar-refractivity contribution in [2.75, 3.05) is 40.4 Å². The molecule has 1 aromatic carbocycles. The number of hydrogen-bond donors (Lipinski definition) is 2. The molecule has 0 aliphatic rings. The second-order valence-electron chi connectivity index (χ2n) is 5.88. The van der Waals surface area contributed by atoms with Crippen molar-refractivity contribution in [2.45, 2.75) is 12.8 Å². The van der Waals surface area contributed by atoms with Crippen LogP contribution >= 0.6 is 12.4 Å². The molecule has 2 N–H and O–H groups in total. The van der Waals surface area contributed by atoms with Crippen LogP contribution in [0, 0.1) is 5.82 Å². The monoisotopic (exact) mass is 384 g/mol. The van der Waals surface area contributed by atoms with Crippen LogP contribution in [-0.4, -0.2) is 61.4 Å². The fourth-order valence-electron chi connectivity index (χ4n) is 2.42. The van der Waals surface area contributed by atoms with E-state index in [1.54, 1.807) is 25.1 Å². The molecule has 0 radical (unpaired) electrons. The number of rotatable bonds is 10. The van der Waals surface area contributed by atoms with E-state index in [1.807, 2.05) is 12.1 Å². The Labute approximate surface area is 159 Å². The number of aryl methyl sites for hydroxylation is 1. The van der Waals surface area contributed by atoms with E-state index in [1.165, 1.54) is 12.1 Å². The number of carbonyl (C=O) groups is 1. The predicted molar refractivity (Wildman–Crippen MR) is 102 cm³/mol. The highest BCUT2D eigenvalue weighted by Crippen LogP contribution is 2.19. The van der Waals surface area contributed by atoms with Gasteiger partial charge in [0.2, 0.25) is 5.91 Å². The molecule has 0 saturated heterocycles. The van der Waals surface area contributed by atoms with Gasteiger partial charge >= 0.3 is 0 Å². The Morgan fingerprint density at radius 1 is 1.38 bits per heavy atom. The third kappa shape index (κ3) is 7.11. The van der Waals surface area contributed by atoms with Crippen molar-refractivity contribution < 1.29 is 13.9 Å².